The zero-order valence-electron chi connectivity index (χ0n) is 14.5. The maximum Gasteiger partial charge on any atom is 0.264 e. The van der Waals surface area contributed by atoms with Gasteiger partial charge >= 0.3 is 0 Å². The van der Waals surface area contributed by atoms with Crippen molar-refractivity contribution >= 4 is 49.7 Å². The molecule has 0 saturated carbocycles. The van der Waals surface area contributed by atoms with Gasteiger partial charge in [0.1, 0.15) is 5.75 Å². The van der Waals surface area contributed by atoms with E-state index in [2.05, 4.69) is 9.71 Å². The number of nitrogens with one attached hydrogen (secondary N) is 1. The second-order valence-electron chi connectivity index (χ2n) is 6.02. The molecule has 1 aliphatic heterocycles. The average molecular weight is 436 g/mol. The number of aromatic nitrogens is 1. The highest BCUT2D eigenvalue weighted by Crippen LogP contribution is 2.36. The van der Waals surface area contributed by atoms with Crippen LogP contribution in [0.1, 0.15) is 0 Å². The Morgan fingerprint density at radius 3 is 2.71 bits per heavy atom. The van der Waals surface area contributed by atoms with Gasteiger partial charge in [-0.3, -0.25) is 9.52 Å². The number of likely N-dealkylation sites (N-methyl/N-ethyl adjacent to an activating group) is 1. The summed E-state index contributed by atoms with van der Waals surface area (Å²) in [4.78, 5) is 17.8. The third-order valence-corrected chi connectivity index (χ3v) is 6.68. The molecule has 28 heavy (non-hydrogen) atoms. The van der Waals surface area contributed by atoms with E-state index in [1.54, 1.807) is 24.6 Å². The minimum atomic E-state index is -3.76. The summed E-state index contributed by atoms with van der Waals surface area (Å²) in [7, 11) is -2.08. The van der Waals surface area contributed by atoms with Gasteiger partial charge in [0.15, 0.2) is 11.7 Å². The Hall–Kier alpha value is -2.62. The highest BCUT2D eigenvalue weighted by Gasteiger charge is 2.23. The SMILES string of the molecule is CN1C(=O)COc2ccc(-c3csc(NS(=O)(=O)c4ccc(Cl)cc4)n3)cc21. The molecule has 1 aromatic heterocycles. The molecule has 1 N–H and O–H groups in total. The predicted octanol–water partition coefficient (Wildman–Crippen LogP) is 3.62. The molecular weight excluding hydrogens is 422 g/mol. The van der Waals surface area contributed by atoms with E-state index in [-0.39, 0.29) is 22.5 Å². The number of sulfonamides is 1. The molecule has 0 bridgehead atoms. The van der Waals surface area contributed by atoms with Crippen molar-refractivity contribution in [3.63, 3.8) is 0 Å². The quantitative estimate of drug-likeness (QED) is 0.676. The van der Waals surface area contributed by atoms with Crippen LogP contribution in [0.3, 0.4) is 0 Å². The van der Waals surface area contributed by atoms with E-state index in [0.717, 1.165) is 5.56 Å². The van der Waals surface area contributed by atoms with E-state index >= 15 is 0 Å². The van der Waals surface area contributed by atoms with Crippen LogP contribution < -0.4 is 14.4 Å². The van der Waals surface area contributed by atoms with Crippen molar-refractivity contribution in [3.05, 3.63) is 52.9 Å². The van der Waals surface area contributed by atoms with Crippen LogP contribution in [0.25, 0.3) is 11.3 Å². The molecule has 1 aliphatic rings. The minimum Gasteiger partial charge on any atom is -0.482 e. The zero-order valence-corrected chi connectivity index (χ0v) is 16.9. The minimum absolute atomic E-state index is 0.0101. The van der Waals surface area contributed by atoms with Crippen LogP contribution in [0.5, 0.6) is 5.75 Å². The van der Waals surface area contributed by atoms with Crippen molar-refractivity contribution in [2.24, 2.45) is 0 Å². The van der Waals surface area contributed by atoms with Gasteiger partial charge in [-0.1, -0.05) is 11.6 Å². The molecule has 4 rings (SSSR count). The molecule has 0 radical (unpaired) electrons. The molecular formula is C18H14ClN3O4S2. The third kappa shape index (κ3) is 3.56. The van der Waals surface area contributed by atoms with E-state index in [0.29, 0.717) is 22.2 Å². The van der Waals surface area contributed by atoms with Crippen LogP contribution in [-0.2, 0) is 14.8 Å². The van der Waals surface area contributed by atoms with Crippen molar-refractivity contribution in [2.75, 3.05) is 23.3 Å². The lowest BCUT2D eigenvalue weighted by molar-refractivity contribution is -0.120. The summed E-state index contributed by atoms with van der Waals surface area (Å²) >= 11 is 6.97. The lowest BCUT2D eigenvalue weighted by Gasteiger charge is -2.26. The van der Waals surface area contributed by atoms with E-state index in [4.69, 9.17) is 16.3 Å². The summed E-state index contributed by atoms with van der Waals surface area (Å²) < 4.78 is 32.8. The number of halogens is 1. The van der Waals surface area contributed by atoms with Gasteiger partial charge in [-0.15, -0.1) is 11.3 Å². The van der Waals surface area contributed by atoms with Crippen molar-refractivity contribution < 1.29 is 17.9 Å². The van der Waals surface area contributed by atoms with Gasteiger partial charge in [0.25, 0.3) is 15.9 Å². The first-order chi connectivity index (χ1) is 13.3. The number of ether oxygens (including phenoxy) is 1. The van der Waals surface area contributed by atoms with Crippen molar-refractivity contribution in [3.8, 4) is 17.0 Å². The van der Waals surface area contributed by atoms with E-state index < -0.39 is 10.0 Å². The monoisotopic (exact) mass is 435 g/mol. The number of benzene rings is 2. The number of amides is 1. The summed E-state index contributed by atoms with van der Waals surface area (Å²) in [6.45, 7) is 0.0101. The number of nitrogens with zero attached hydrogens (tertiary/aromatic N) is 2. The van der Waals surface area contributed by atoms with Crippen molar-refractivity contribution in [2.45, 2.75) is 4.90 Å². The Balaban J connectivity index is 1.60. The van der Waals surface area contributed by atoms with Gasteiger partial charge in [-0.2, -0.15) is 0 Å². The van der Waals surface area contributed by atoms with Crippen LogP contribution in [-0.4, -0.2) is 33.0 Å². The maximum atomic E-state index is 12.5. The second-order valence-corrected chi connectivity index (χ2v) is 9.00. The lowest BCUT2D eigenvalue weighted by Crippen LogP contribution is -2.35. The molecule has 10 heteroatoms. The third-order valence-electron chi connectivity index (χ3n) is 4.19. The molecule has 0 saturated heterocycles. The molecule has 3 aromatic rings. The first-order valence-electron chi connectivity index (χ1n) is 8.11. The van der Waals surface area contributed by atoms with Gasteiger partial charge in [0.05, 0.1) is 16.3 Å². The zero-order chi connectivity index (χ0) is 19.9. The Morgan fingerprint density at radius 1 is 1.21 bits per heavy atom. The fourth-order valence-electron chi connectivity index (χ4n) is 2.67. The maximum absolute atomic E-state index is 12.5. The fourth-order valence-corrected chi connectivity index (χ4v) is 4.77. The molecule has 0 fully saturated rings. The second kappa shape index (κ2) is 7.08. The standard InChI is InChI=1S/C18H14ClN3O4S2/c1-22-15-8-11(2-7-16(15)26-9-17(22)23)14-10-27-18(20-14)21-28(24,25)13-5-3-12(19)4-6-13/h2-8,10H,9H2,1H3,(H,20,21). The molecule has 2 heterocycles. The first-order valence-corrected chi connectivity index (χ1v) is 10.9. The number of rotatable bonds is 4. The Bertz CT molecular complexity index is 1160. The van der Waals surface area contributed by atoms with Crippen LogP contribution in [0, 0.1) is 0 Å². The predicted molar refractivity (Wildman–Crippen MR) is 109 cm³/mol. The summed E-state index contributed by atoms with van der Waals surface area (Å²) in [5.41, 5.74) is 1.98. The highest BCUT2D eigenvalue weighted by molar-refractivity contribution is 7.93. The van der Waals surface area contributed by atoms with Crippen molar-refractivity contribution in [1.29, 1.82) is 0 Å². The van der Waals surface area contributed by atoms with Crippen LogP contribution in [0.4, 0.5) is 10.8 Å². The summed E-state index contributed by atoms with van der Waals surface area (Å²) in [5, 5.41) is 2.44. The fraction of sp³-hybridized carbons (Fsp3) is 0.111. The number of anilines is 2. The molecule has 7 nitrogen and oxygen atoms in total. The molecule has 1 amide bonds. The van der Waals surface area contributed by atoms with Crippen LogP contribution in [0.15, 0.2) is 52.7 Å². The van der Waals surface area contributed by atoms with E-state index in [1.165, 1.54) is 40.5 Å². The van der Waals surface area contributed by atoms with Crippen molar-refractivity contribution in [1.82, 2.24) is 4.98 Å². The van der Waals surface area contributed by atoms with E-state index in [1.807, 2.05) is 6.07 Å². The Morgan fingerprint density at radius 2 is 1.96 bits per heavy atom. The van der Waals surface area contributed by atoms with Gasteiger partial charge in [0.2, 0.25) is 0 Å². The average Bonchev–Trinajstić information content (AvgIpc) is 3.13. The molecule has 0 unspecified atom stereocenters. The largest absolute Gasteiger partial charge is 0.482 e. The van der Waals surface area contributed by atoms with E-state index in [9.17, 15) is 13.2 Å². The highest BCUT2D eigenvalue weighted by atomic mass is 35.5. The molecule has 144 valence electrons. The van der Waals surface area contributed by atoms with Gasteiger partial charge in [-0.25, -0.2) is 13.4 Å². The number of hydrogen-bond acceptors (Lipinski definition) is 6. The smallest absolute Gasteiger partial charge is 0.264 e. The summed E-state index contributed by atoms with van der Waals surface area (Å²) in [6.07, 6.45) is 0. The normalized spacial score (nSPS) is 13.8. The lowest BCUT2D eigenvalue weighted by atomic mass is 10.1. The number of carbonyl (C=O) groups excluding carboxylic acids is 1. The number of fused-ring (bicyclic) bond motifs is 1. The molecule has 0 spiro atoms. The van der Waals surface area contributed by atoms with Gasteiger partial charge in [0, 0.05) is 23.0 Å². The van der Waals surface area contributed by atoms with Gasteiger partial charge in [-0.05, 0) is 42.5 Å². The number of carbonyl (C=O) groups is 1. The first kappa shape index (κ1) is 18.7. The Labute approximate surface area is 170 Å². The molecule has 0 aliphatic carbocycles. The number of thiazole rings is 1. The van der Waals surface area contributed by atoms with Crippen LogP contribution >= 0.6 is 22.9 Å². The molecule has 0 atom stereocenters. The number of hydrogen-bond donors (Lipinski definition) is 1. The summed E-state index contributed by atoms with van der Waals surface area (Å²) in [6, 6.07) is 11.2. The Kier molecular flexibility index (Phi) is 4.74. The topological polar surface area (TPSA) is 88.6 Å². The van der Waals surface area contributed by atoms with Gasteiger partial charge < -0.3 is 9.64 Å². The van der Waals surface area contributed by atoms with Crippen LogP contribution in [0.2, 0.25) is 5.02 Å². The molecule has 2 aromatic carbocycles. The summed E-state index contributed by atoms with van der Waals surface area (Å²) in [5.74, 6) is 0.476.